The van der Waals surface area contributed by atoms with Gasteiger partial charge in [-0.2, -0.15) is 0 Å². The molecule has 0 radical (unpaired) electrons. The summed E-state index contributed by atoms with van der Waals surface area (Å²) in [5.74, 6) is 0.340. The van der Waals surface area contributed by atoms with Crippen LogP contribution in [0.15, 0.2) is 30.3 Å². The van der Waals surface area contributed by atoms with Crippen molar-refractivity contribution >= 4 is 11.8 Å². The quantitative estimate of drug-likeness (QED) is 0.641. The van der Waals surface area contributed by atoms with Crippen LogP contribution in [0.1, 0.15) is 32.3 Å². The molecule has 0 fully saturated rings. The van der Waals surface area contributed by atoms with Gasteiger partial charge in [0.05, 0.1) is 6.42 Å². The van der Waals surface area contributed by atoms with Crippen molar-refractivity contribution in [1.82, 2.24) is 10.6 Å². The van der Waals surface area contributed by atoms with E-state index in [1.54, 1.807) is 0 Å². The van der Waals surface area contributed by atoms with Crippen molar-refractivity contribution in [2.24, 2.45) is 11.7 Å². The highest BCUT2D eigenvalue weighted by molar-refractivity contribution is 5.80. The number of nitrogens with two attached hydrogens (primary N) is 1. The van der Waals surface area contributed by atoms with E-state index < -0.39 is 0 Å². The number of carbonyl (C=O) groups is 2. The molecule has 5 heteroatoms. The molecule has 1 rings (SSSR count). The maximum absolute atomic E-state index is 11.8. The maximum atomic E-state index is 11.8. The van der Waals surface area contributed by atoms with Gasteiger partial charge in [0.15, 0.2) is 0 Å². The number of hydrogen-bond donors (Lipinski definition) is 3. The number of benzene rings is 1. The Kier molecular flexibility index (Phi) is 8.22. The Morgan fingerprint density at radius 2 is 1.82 bits per heavy atom. The van der Waals surface area contributed by atoms with Crippen molar-refractivity contribution in [2.45, 2.75) is 39.2 Å². The molecule has 0 aliphatic heterocycles. The molecule has 0 saturated heterocycles. The summed E-state index contributed by atoms with van der Waals surface area (Å²) < 4.78 is 0. The number of nitrogens with one attached hydrogen (secondary N) is 2. The molecule has 0 aromatic heterocycles. The van der Waals surface area contributed by atoms with Crippen molar-refractivity contribution in [3.63, 3.8) is 0 Å². The van der Waals surface area contributed by atoms with Crippen LogP contribution in [0.4, 0.5) is 0 Å². The van der Waals surface area contributed by atoms with E-state index in [-0.39, 0.29) is 24.3 Å². The van der Waals surface area contributed by atoms with Gasteiger partial charge >= 0.3 is 0 Å². The second-order valence-electron chi connectivity index (χ2n) is 5.89. The van der Waals surface area contributed by atoms with E-state index in [1.807, 2.05) is 30.3 Å². The van der Waals surface area contributed by atoms with Crippen molar-refractivity contribution in [2.75, 3.05) is 13.1 Å². The van der Waals surface area contributed by atoms with Crippen LogP contribution < -0.4 is 16.4 Å². The minimum absolute atomic E-state index is 0.00696. The summed E-state index contributed by atoms with van der Waals surface area (Å²) in [6, 6.07) is 9.54. The molecule has 0 aliphatic rings. The fourth-order valence-corrected chi connectivity index (χ4v) is 2.24. The second-order valence-corrected chi connectivity index (χ2v) is 5.89. The molecule has 1 unspecified atom stereocenters. The lowest BCUT2D eigenvalue weighted by molar-refractivity contribution is -0.122. The van der Waals surface area contributed by atoms with Gasteiger partial charge in [0.25, 0.3) is 0 Å². The first-order chi connectivity index (χ1) is 10.5. The Hall–Kier alpha value is -1.88. The molecule has 1 atom stereocenters. The zero-order chi connectivity index (χ0) is 16.4. The predicted octanol–water partition coefficient (Wildman–Crippen LogP) is 1.23. The van der Waals surface area contributed by atoms with Crippen LogP contribution in [-0.2, 0) is 16.0 Å². The number of hydrogen-bond acceptors (Lipinski definition) is 3. The molecule has 22 heavy (non-hydrogen) atoms. The average molecular weight is 305 g/mol. The minimum Gasteiger partial charge on any atom is -0.355 e. The smallest absolute Gasteiger partial charge is 0.224 e. The van der Waals surface area contributed by atoms with Crippen molar-refractivity contribution < 1.29 is 9.59 Å². The van der Waals surface area contributed by atoms with Gasteiger partial charge in [-0.05, 0) is 17.9 Å². The number of amides is 2. The Balaban J connectivity index is 2.22. The van der Waals surface area contributed by atoms with E-state index in [2.05, 4.69) is 24.5 Å². The van der Waals surface area contributed by atoms with Crippen LogP contribution >= 0.6 is 0 Å². The van der Waals surface area contributed by atoms with E-state index >= 15 is 0 Å². The van der Waals surface area contributed by atoms with E-state index in [0.717, 1.165) is 12.0 Å². The lowest BCUT2D eigenvalue weighted by Crippen LogP contribution is -2.42. The predicted molar refractivity (Wildman–Crippen MR) is 88.2 cm³/mol. The van der Waals surface area contributed by atoms with Crippen LogP contribution in [0.5, 0.6) is 0 Å². The van der Waals surface area contributed by atoms with Gasteiger partial charge in [0.1, 0.15) is 0 Å². The highest BCUT2D eigenvalue weighted by Crippen LogP contribution is 2.03. The second kappa shape index (κ2) is 9.95. The zero-order valence-electron chi connectivity index (χ0n) is 13.5. The normalized spacial score (nSPS) is 12.0. The summed E-state index contributed by atoms with van der Waals surface area (Å²) in [5, 5.41) is 5.67. The standard InChI is InChI=1S/C17H27N3O2/c1-13(2)10-15(12-18)20-16(21)8-9-19-17(22)11-14-6-4-3-5-7-14/h3-7,13,15H,8-12,18H2,1-2H3,(H,19,22)(H,20,21). The Labute approximate surface area is 132 Å². The molecular weight excluding hydrogens is 278 g/mol. The van der Waals surface area contributed by atoms with E-state index in [0.29, 0.717) is 25.4 Å². The SMILES string of the molecule is CC(C)CC(CN)NC(=O)CCNC(=O)Cc1ccccc1. The van der Waals surface area contributed by atoms with Gasteiger partial charge < -0.3 is 16.4 Å². The van der Waals surface area contributed by atoms with E-state index in [1.165, 1.54) is 0 Å². The van der Waals surface area contributed by atoms with Crippen LogP contribution in [-0.4, -0.2) is 30.9 Å². The third-order valence-electron chi connectivity index (χ3n) is 3.29. The molecular formula is C17H27N3O2. The fourth-order valence-electron chi connectivity index (χ4n) is 2.24. The van der Waals surface area contributed by atoms with E-state index in [9.17, 15) is 9.59 Å². The molecule has 122 valence electrons. The van der Waals surface area contributed by atoms with Crippen LogP contribution in [0.2, 0.25) is 0 Å². The van der Waals surface area contributed by atoms with Crippen LogP contribution in [0.3, 0.4) is 0 Å². The molecule has 0 saturated carbocycles. The third-order valence-corrected chi connectivity index (χ3v) is 3.29. The average Bonchev–Trinajstić information content (AvgIpc) is 2.47. The molecule has 0 aliphatic carbocycles. The van der Waals surface area contributed by atoms with Gasteiger partial charge in [-0.15, -0.1) is 0 Å². The first-order valence-corrected chi connectivity index (χ1v) is 7.81. The molecule has 0 bridgehead atoms. The molecule has 4 N–H and O–H groups in total. The first-order valence-electron chi connectivity index (χ1n) is 7.81. The largest absolute Gasteiger partial charge is 0.355 e. The van der Waals surface area contributed by atoms with Crippen molar-refractivity contribution in [3.05, 3.63) is 35.9 Å². The molecule has 1 aromatic carbocycles. The van der Waals surface area contributed by atoms with Crippen molar-refractivity contribution in [3.8, 4) is 0 Å². The third kappa shape index (κ3) is 7.78. The Bertz CT molecular complexity index is 460. The Morgan fingerprint density at radius 3 is 2.41 bits per heavy atom. The zero-order valence-corrected chi connectivity index (χ0v) is 13.5. The summed E-state index contributed by atoms with van der Waals surface area (Å²) in [7, 11) is 0. The minimum atomic E-state index is -0.0730. The van der Waals surface area contributed by atoms with Crippen molar-refractivity contribution in [1.29, 1.82) is 0 Å². The maximum Gasteiger partial charge on any atom is 0.224 e. The molecule has 1 aromatic rings. The monoisotopic (exact) mass is 305 g/mol. The number of rotatable bonds is 9. The van der Waals surface area contributed by atoms with Crippen LogP contribution in [0.25, 0.3) is 0 Å². The van der Waals surface area contributed by atoms with Gasteiger partial charge in [0, 0.05) is 25.6 Å². The molecule has 0 spiro atoms. The van der Waals surface area contributed by atoms with Crippen LogP contribution in [0, 0.1) is 5.92 Å². The van der Waals surface area contributed by atoms with Gasteiger partial charge in [-0.25, -0.2) is 0 Å². The summed E-state index contributed by atoms with van der Waals surface area (Å²) in [4.78, 5) is 23.6. The van der Waals surface area contributed by atoms with Gasteiger partial charge in [-0.1, -0.05) is 44.2 Å². The lowest BCUT2D eigenvalue weighted by atomic mass is 10.0. The Morgan fingerprint density at radius 1 is 1.14 bits per heavy atom. The highest BCUT2D eigenvalue weighted by atomic mass is 16.2. The first kappa shape index (κ1) is 18.2. The highest BCUT2D eigenvalue weighted by Gasteiger charge is 2.12. The summed E-state index contributed by atoms with van der Waals surface area (Å²) in [6.45, 7) is 4.97. The summed E-state index contributed by atoms with van der Waals surface area (Å²) in [6.07, 6.45) is 1.47. The summed E-state index contributed by atoms with van der Waals surface area (Å²) >= 11 is 0. The topological polar surface area (TPSA) is 84.2 Å². The van der Waals surface area contributed by atoms with Gasteiger partial charge in [-0.3, -0.25) is 9.59 Å². The fraction of sp³-hybridized carbons (Fsp3) is 0.529. The lowest BCUT2D eigenvalue weighted by Gasteiger charge is -2.18. The summed E-state index contributed by atoms with van der Waals surface area (Å²) in [5.41, 5.74) is 6.61. The molecule has 2 amide bonds. The van der Waals surface area contributed by atoms with E-state index in [4.69, 9.17) is 5.73 Å². The van der Waals surface area contributed by atoms with Gasteiger partial charge in [0.2, 0.25) is 11.8 Å². The molecule has 0 heterocycles. The number of carbonyl (C=O) groups excluding carboxylic acids is 2. The molecule has 5 nitrogen and oxygen atoms in total.